The van der Waals surface area contributed by atoms with Crippen molar-refractivity contribution in [2.45, 2.75) is 57.8 Å². The number of carbonyl (C=O) groups excluding carboxylic acids is 1. The van der Waals surface area contributed by atoms with Crippen molar-refractivity contribution in [2.24, 2.45) is 0 Å². The lowest BCUT2D eigenvalue weighted by Crippen LogP contribution is -2.33. The average molecular weight is 408 g/mol. The highest BCUT2D eigenvalue weighted by Gasteiger charge is 2.29. The normalized spacial score (nSPS) is 19.4. The van der Waals surface area contributed by atoms with Crippen molar-refractivity contribution >= 4 is 11.9 Å². The van der Waals surface area contributed by atoms with Gasteiger partial charge in [-0.25, -0.2) is 18.6 Å². The first-order valence-electron chi connectivity index (χ1n) is 9.34. The van der Waals surface area contributed by atoms with E-state index in [-0.39, 0.29) is 42.4 Å². The van der Waals surface area contributed by atoms with Crippen LogP contribution in [0.4, 0.5) is 8.78 Å². The van der Waals surface area contributed by atoms with E-state index >= 15 is 0 Å². The van der Waals surface area contributed by atoms with Crippen molar-refractivity contribution in [1.82, 2.24) is 9.55 Å². The number of cyclic esters (lactones) is 1. The summed E-state index contributed by atoms with van der Waals surface area (Å²) in [7, 11) is 0. The maximum Gasteiger partial charge on any atom is 0.356 e. The van der Waals surface area contributed by atoms with Crippen LogP contribution < -0.4 is 0 Å². The van der Waals surface area contributed by atoms with Crippen molar-refractivity contribution in [3.05, 3.63) is 41.2 Å². The zero-order chi connectivity index (χ0) is 21.3. The number of nitrogens with zero attached hydrogens (tertiary/aromatic N) is 2. The van der Waals surface area contributed by atoms with Gasteiger partial charge in [0.25, 0.3) is 0 Å². The Morgan fingerprint density at radius 2 is 2.07 bits per heavy atom. The highest BCUT2D eigenvalue weighted by atomic mass is 19.2. The molecule has 0 radical (unpaired) electrons. The number of carbonyl (C=O) groups is 2. The number of halogens is 2. The van der Waals surface area contributed by atoms with Gasteiger partial charge in [-0.2, -0.15) is 0 Å². The fraction of sp³-hybridized carbons (Fsp3) is 0.450. The van der Waals surface area contributed by atoms with Crippen LogP contribution in [0.15, 0.2) is 18.2 Å². The molecule has 7 nitrogen and oxygen atoms in total. The number of esters is 1. The number of aliphatic hydroxyl groups is 1. The fourth-order valence-electron chi connectivity index (χ4n) is 3.60. The maximum absolute atomic E-state index is 13.8. The van der Waals surface area contributed by atoms with Crippen molar-refractivity contribution in [3.8, 4) is 11.4 Å². The Morgan fingerprint density at radius 1 is 1.34 bits per heavy atom. The molecule has 3 rings (SSSR count). The topological polar surface area (TPSA) is 102 Å². The quantitative estimate of drug-likeness (QED) is 0.713. The standard InChI is InChI=1S/C20H22F2N2O5/c1-10(2)18-17(20(27)28)23-19(11-3-4-14(21)15(22)7-11)24(18)6-5-13-8-12(25)9-16(26)29-13/h3-4,7,10,12-13,25H,5-6,8-9H2,1-2H3,(H,27,28)/t12-,13-/m1/s1. The molecule has 1 aliphatic heterocycles. The number of benzene rings is 1. The number of aromatic carboxylic acids is 1. The molecule has 0 aliphatic carbocycles. The van der Waals surface area contributed by atoms with Crippen molar-refractivity contribution in [3.63, 3.8) is 0 Å². The third kappa shape index (κ3) is 4.45. The SMILES string of the molecule is CC(C)c1c(C(=O)O)nc(-c2ccc(F)c(F)c2)n1CC[C@@H]1C[C@@H](O)CC(=O)O1. The minimum Gasteiger partial charge on any atom is -0.476 e. The molecule has 2 atom stereocenters. The van der Waals surface area contributed by atoms with E-state index in [0.717, 1.165) is 12.1 Å². The summed E-state index contributed by atoms with van der Waals surface area (Å²) in [5.74, 6) is -3.83. The number of hydrogen-bond acceptors (Lipinski definition) is 5. The first kappa shape index (κ1) is 20.9. The van der Waals surface area contributed by atoms with Gasteiger partial charge in [-0.05, 0) is 24.1 Å². The molecule has 1 aliphatic rings. The fourth-order valence-corrected chi connectivity index (χ4v) is 3.60. The molecule has 1 aromatic heterocycles. The monoisotopic (exact) mass is 408 g/mol. The third-order valence-electron chi connectivity index (χ3n) is 4.84. The van der Waals surface area contributed by atoms with Gasteiger partial charge in [0.05, 0.1) is 18.2 Å². The molecular weight excluding hydrogens is 386 g/mol. The number of hydrogen-bond donors (Lipinski definition) is 2. The van der Waals surface area contributed by atoms with Gasteiger partial charge in [0.1, 0.15) is 11.9 Å². The van der Waals surface area contributed by atoms with E-state index in [1.165, 1.54) is 6.07 Å². The van der Waals surface area contributed by atoms with Gasteiger partial charge in [-0.15, -0.1) is 0 Å². The lowest BCUT2D eigenvalue weighted by Gasteiger charge is -2.26. The molecule has 2 heterocycles. The Balaban J connectivity index is 2.01. The van der Waals surface area contributed by atoms with E-state index in [2.05, 4.69) is 4.98 Å². The lowest BCUT2D eigenvalue weighted by atomic mass is 10.0. The van der Waals surface area contributed by atoms with Gasteiger partial charge in [-0.3, -0.25) is 4.79 Å². The largest absolute Gasteiger partial charge is 0.476 e. The summed E-state index contributed by atoms with van der Waals surface area (Å²) in [6.45, 7) is 3.84. The van der Waals surface area contributed by atoms with Crippen molar-refractivity contribution < 1.29 is 33.3 Å². The van der Waals surface area contributed by atoms with E-state index in [0.29, 0.717) is 12.1 Å². The van der Waals surface area contributed by atoms with Crippen LogP contribution in [0.1, 0.15) is 55.2 Å². The molecule has 9 heteroatoms. The second kappa shape index (κ2) is 8.28. The maximum atomic E-state index is 13.8. The molecule has 29 heavy (non-hydrogen) atoms. The van der Waals surface area contributed by atoms with Gasteiger partial charge in [-0.1, -0.05) is 13.8 Å². The first-order valence-corrected chi connectivity index (χ1v) is 9.34. The summed E-state index contributed by atoms with van der Waals surface area (Å²) in [5, 5.41) is 19.4. The third-order valence-corrected chi connectivity index (χ3v) is 4.84. The number of aliphatic hydroxyl groups excluding tert-OH is 1. The van der Waals surface area contributed by atoms with Crippen LogP contribution >= 0.6 is 0 Å². The summed E-state index contributed by atoms with van der Waals surface area (Å²) in [6, 6.07) is 3.25. The number of rotatable bonds is 6. The summed E-state index contributed by atoms with van der Waals surface area (Å²) in [6.07, 6.45) is -0.769. The minimum absolute atomic E-state index is 0.0535. The molecule has 1 saturated heterocycles. The predicted molar refractivity (Wildman–Crippen MR) is 98.4 cm³/mol. The van der Waals surface area contributed by atoms with Crippen molar-refractivity contribution in [2.75, 3.05) is 0 Å². The van der Waals surface area contributed by atoms with Crippen LogP contribution in [0, 0.1) is 11.6 Å². The Hall–Kier alpha value is -2.81. The molecule has 1 aromatic carbocycles. The number of imidazole rings is 1. The molecule has 156 valence electrons. The summed E-state index contributed by atoms with van der Waals surface area (Å²) < 4.78 is 34.0. The molecule has 0 spiro atoms. The van der Waals surface area contributed by atoms with E-state index in [1.807, 2.05) is 0 Å². The molecule has 1 fully saturated rings. The molecule has 0 unspecified atom stereocenters. The zero-order valence-corrected chi connectivity index (χ0v) is 16.1. The summed E-state index contributed by atoms with van der Waals surface area (Å²) in [4.78, 5) is 27.5. The Kier molecular flexibility index (Phi) is 5.97. The molecular formula is C20H22F2N2O5. The zero-order valence-electron chi connectivity index (χ0n) is 16.1. The van der Waals surface area contributed by atoms with E-state index in [1.54, 1.807) is 18.4 Å². The Morgan fingerprint density at radius 3 is 2.66 bits per heavy atom. The predicted octanol–water partition coefficient (Wildman–Crippen LogP) is 3.11. The first-order chi connectivity index (χ1) is 13.7. The molecule has 0 bridgehead atoms. The van der Waals surface area contributed by atoms with Crippen LogP contribution in [0.3, 0.4) is 0 Å². The van der Waals surface area contributed by atoms with Crippen LogP contribution in [0.25, 0.3) is 11.4 Å². The highest BCUT2D eigenvalue weighted by Crippen LogP contribution is 2.30. The van der Waals surface area contributed by atoms with Crippen LogP contribution in [0.5, 0.6) is 0 Å². The number of carboxylic acids is 1. The Bertz CT molecular complexity index is 941. The van der Waals surface area contributed by atoms with Gasteiger partial charge in [0.15, 0.2) is 17.3 Å². The van der Waals surface area contributed by atoms with Gasteiger partial charge >= 0.3 is 11.9 Å². The number of carboxylic acid groups (broad SMARTS) is 1. The second-order valence-corrected chi connectivity index (χ2v) is 7.40. The molecule has 0 saturated carbocycles. The van der Waals surface area contributed by atoms with Crippen LogP contribution in [-0.2, 0) is 16.1 Å². The summed E-state index contributed by atoms with van der Waals surface area (Å²) >= 11 is 0. The lowest BCUT2D eigenvalue weighted by molar-refractivity contribution is -0.160. The molecule has 0 amide bonds. The minimum atomic E-state index is -1.23. The average Bonchev–Trinajstić information content (AvgIpc) is 3.01. The Labute approximate surface area is 165 Å². The van der Waals surface area contributed by atoms with E-state index in [4.69, 9.17) is 4.74 Å². The van der Waals surface area contributed by atoms with Gasteiger partial charge in [0.2, 0.25) is 0 Å². The van der Waals surface area contributed by atoms with E-state index < -0.39 is 35.8 Å². The second-order valence-electron chi connectivity index (χ2n) is 7.40. The highest BCUT2D eigenvalue weighted by molar-refractivity contribution is 5.88. The number of aromatic nitrogens is 2. The van der Waals surface area contributed by atoms with Gasteiger partial charge in [0, 0.05) is 24.9 Å². The summed E-state index contributed by atoms with van der Waals surface area (Å²) in [5.41, 5.74) is 0.499. The molecule has 2 N–H and O–H groups in total. The van der Waals surface area contributed by atoms with Crippen molar-refractivity contribution in [1.29, 1.82) is 0 Å². The van der Waals surface area contributed by atoms with Crippen LogP contribution in [0.2, 0.25) is 0 Å². The van der Waals surface area contributed by atoms with Gasteiger partial charge < -0.3 is 19.5 Å². The number of ether oxygens (including phenoxy) is 1. The van der Waals surface area contributed by atoms with Crippen LogP contribution in [-0.4, -0.2) is 43.9 Å². The van der Waals surface area contributed by atoms with E-state index in [9.17, 15) is 28.6 Å². The molecule has 2 aromatic rings. The smallest absolute Gasteiger partial charge is 0.356 e.